The van der Waals surface area contributed by atoms with Gasteiger partial charge >= 0.3 is 5.97 Å². The zero-order valence-electron chi connectivity index (χ0n) is 12.9. The molecule has 0 unspecified atom stereocenters. The van der Waals surface area contributed by atoms with E-state index in [1.807, 2.05) is 0 Å². The molecule has 1 aromatic carbocycles. The van der Waals surface area contributed by atoms with Crippen molar-refractivity contribution >= 4 is 23.5 Å². The smallest absolute Gasteiger partial charge is 0.340 e. The van der Waals surface area contributed by atoms with Crippen LogP contribution in [0.3, 0.4) is 0 Å². The minimum absolute atomic E-state index is 0.213. The van der Waals surface area contributed by atoms with Crippen molar-refractivity contribution < 1.29 is 19.1 Å². The lowest BCUT2D eigenvalue weighted by atomic mass is 10.1. The van der Waals surface area contributed by atoms with Crippen LogP contribution in [0.15, 0.2) is 18.2 Å². The third kappa shape index (κ3) is 4.76. The standard InChI is InChI=1S/C15H21N3O4/c1-4-17-14(20)10(3)18-12(19)8-22-15(21)11-7-5-6-9(2)13(11)16/h5-7,10H,4,8,16H2,1-3H3,(H,17,20)(H,18,19)/t10-/m1/s1. The predicted molar refractivity (Wildman–Crippen MR) is 82.2 cm³/mol. The van der Waals surface area contributed by atoms with Gasteiger partial charge in [0, 0.05) is 12.2 Å². The van der Waals surface area contributed by atoms with Gasteiger partial charge in [0.2, 0.25) is 5.91 Å². The normalized spacial score (nSPS) is 11.4. The quantitative estimate of drug-likeness (QED) is 0.519. The van der Waals surface area contributed by atoms with Crippen LogP contribution >= 0.6 is 0 Å². The van der Waals surface area contributed by atoms with Crippen molar-refractivity contribution in [3.63, 3.8) is 0 Å². The minimum Gasteiger partial charge on any atom is -0.452 e. The number of para-hydroxylation sites is 1. The molecule has 1 rings (SSSR count). The maximum absolute atomic E-state index is 11.9. The Morgan fingerprint density at radius 3 is 2.64 bits per heavy atom. The van der Waals surface area contributed by atoms with Crippen molar-refractivity contribution in [3.05, 3.63) is 29.3 Å². The Morgan fingerprint density at radius 2 is 2.00 bits per heavy atom. The second-order valence-electron chi connectivity index (χ2n) is 4.80. The van der Waals surface area contributed by atoms with E-state index in [9.17, 15) is 14.4 Å². The van der Waals surface area contributed by atoms with E-state index >= 15 is 0 Å². The first-order valence-electron chi connectivity index (χ1n) is 6.96. The fourth-order valence-corrected chi connectivity index (χ4v) is 1.74. The van der Waals surface area contributed by atoms with E-state index in [-0.39, 0.29) is 11.5 Å². The van der Waals surface area contributed by atoms with Gasteiger partial charge in [0.1, 0.15) is 6.04 Å². The first kappa shape index (κ1) is 17.5. The summed E-state index contributed by atoms with van der Waals surface area (Å²) in [5.41, 5.74) is 7.08. The van der Waals surface area contributed by atoms with Crippen molar-refractivity contribution in [1.29, 1.82) is 0 Å². The van der Waals surface area contributed by atoms with E-state index in [2.05, 4.69) is 10.6 Å². The van der Waals surface area contributed by atoms with Crippen LogP contribution in [-0.4, -0.2) is 37.0 Å². The van der Waals surface area contributed by atoms with Crippen LogP contribution in [-0.2, 0) is 14.3 Å². The lowest BCUT2D eigenvalue weighted by Gasteiger charge is -2.13. The molecule has 0 aliphatic heterocycles. The summed E-state index contributed by atoms with van der Waals surface area (Å²) in [6.45, 7) is 5.09. The van der Waals surface area contributed by atoms with Gasteiger partial charge in [-0.1, -0.05) is 12.1 Å². The summed E-state index contributed by atoms with van der Waals surface area (Å²) >= 11 is 0. The molecule has 22 heavy (non-hydrogen) atoms. The number of likely N-dealkylation sites (N-methyl/N-ethyl adjacent to an activating group) is 1. The molecule has 1 aromatic rings. The summed E-state index contributed by atoms with van der Waals surface area (Å²) in [5.74, 6) is -1.54. The Kier molecular flexibility index (Phi) is 6.37. The number of hydrogen-bond acceptors (Lipinski definition) is 5. The number of carbonyl (C=O) groups excluding carboxylic acids is 3. The Bertz CT molecular complexity index is 572. The first-order chi connectivity index (χ1) is 10.4. The van der Waals surface area contributed by atoms with Crippen LogP contribution in [0.25, 0.3) is 0 Å². The highest BCUT2D eigenvalue weighted by atomic mass is 16.5. The molecule has 0 heterocycles. The van der Waals surface area contributed by atoms with Gasteiger partial charge in [-0.15, -0.1) is 0 Å². The summed E-state index contributed by atoms with van der Waals surface area (Å²) < 4.78 is 4.90. The Hall–Kier alpha value is -2.57. The van der Waals surface area contributed by atoms with Crippen LogP contribution in [0.2, 0.25) is 0 Å². The summed E-state index contributed by atoms with van der Waals surface area (Å²) in [4.78, 5) is 35.0. The highest BCUT2D eigenvalue weighted by Crippen LogP contribution is 2.17. The molecule has 0 aliphatic rings. The molecule has 4 N–H and O–H groups in total. The SMILES string of the molecule is CCNC(=O)[C@@H](C)NC(=O)COC(=O)c1cccc(C)c1N. The maximum Gasteiger partial charge on any atom is 0.340 e. The fraction of sp³-hybridized carbons (Fsp3) is 0.400. The molecule has 1 atom stereocenters. The van der Waals surface area contributed by atoms with Crippen LogP contribution in [0, 0.1) is 6.92 Å². The number of benzene rings is 1. The third-order valence-corrected chi connectivity index (χ3v) is 3.00. The van der Waals surface area contributed by atoms with E-state index in [0.29, 0.717) is 12.2 Å². The number of nitrogens with one attached hydrogen (secondary N) is 2. The number of hydrogen-bond donors (Lipinski definition) is 3. The van der Waals surface area contributed by atoms with E-state index in [1.54, 1.807) is 32.9 Å². The average Bonchev–Trinajstić information content (AvgIpc) is 2.47. The van der Waals surface area contributed by atoms with Crippen molar-refractivity contribution in [1.82, 2.24) is 10.6 Å². The Labute approximate surface area is 129 Å². The fourth-order valence-electron chi connectivity index (χ4n) is 1.74. The van der Waals surface area contributed by atoms with Crippen molar-refractivity contribution in [2.24, 2.45) is 0 Å². The molecule has 0 aliphatic carbocycles. The number of aryl methyl sites for hydroxylation is 1. The summed E-state index contributed by atoms with van der Waals surface area (Å²) in [7, 11) is 0. The molecule has 0 aromatic heterocycles. The molecule has 0 spiro atoms. The maximum atomic E-state index is 11.9. The monoisotopic (exact) mass is 307 g/mol. The van der Waals surface area contributed by atoms with Gasteiger partial charge in [-0.05, 0) is 32.4 Å². The lowest BCUT2D eigenvalue weighted by Crippen LogP contribution is -2.46. The Balaban J connectivity index is 2.52. The predicted octanol–water partition coefficient (Wildman–Crippen LogP) is 0.375. The second-order valence-corrected chi connectivity index (χ2v) is 4.80. The van der Waals surface area contributed by atoms with Gasteiger partial charge in [0.25, 0.3) is 5.91 Å². The number of amides is 2. The van der Waals surface area contributed by atoms with Gasteiger partial charge in [-0.25, -0.2) is 4.79 Å². The van der Waals surface area contributed by atoms with Crippen LogP contribution in [0.4, 0.5) is 5.69 Å². The zero-order chi connectivity index (χ0) is 16.7. The largest absolute Gasteiger partial charge is 0.452 e. The number of nitrogen functional groups attached to an aromatic ring is 1. The topological polar surface area (TPSA) is 111 Å². The third-order valence-electron chi connectivity index (χ3n) is 3.00. The van der Waals surface area contributed by atoms with Crippen LogP contribution in [0.1, 0.15) is 29.8 Å². The molecule has 7 nitrogen and oxygen atoms in total. The van der Waals surface area contributed by atoms with Crippen molar-refractivity contribution in [2.45, 2.75) is 26.8 Å². The Morgan fingerprint density at radius 1 is 1.32 bits per heavy atom. The van der Waals surface area contributed by atoms with E-state index < -0.39 is 24.5 Å². The first-order valence-corrected chi connectivity index (χ1v) is 6.96. The van der Waals surface area contributed by atoms with Crippen LogP contribution < -0.4 is 16.4 Å². The summed E-state index contributed by atoms with van der Waals surface area (Å²) in [5, 5.41) is 5.01. The molecule has 0 saturated heterocycles. The van der Waals surface area contributed by atoms with Gasteiger partial charge in [-0.2, -0.15) is 0 Å². The van der Waals surface area contributed by atoms with Gasteiger partial charge < -0.3 is 21.1 Å². The highest BCUT2D eigenvalue weighted by molar-refractivity contribution is 5.97. The average molecular weight is 307 g/mol. The molecule has 0 saturated carbocycles. The molecule has 0 radical (unpaired) electrons. The van der Waals surface area contributed by atoms with Crippen LogP contribution in [0.5, 0.6) is 0 Å². The number of ether oxygens (including phenoxy) is 1. The van der Waals surface area contributed by atoms with Gasteiger partial charge in [0.05, 0.1) is 5.56 Å². The van der Waals surface area contributed by atoms with E-state index in [0.717, 1.165) is 5.56 Å². The molecular weight excluding hydrogens is 286 g/mol. The van der Waals surface area contributed by atoms with E-state index in [4.69, 9.17) is 10.5 Å². The van der Waals surface area contributed by atoms with Crippen molar-refractivity contribution in [3.8, 4) is 0 Å². The molecule has 0 bridgehead atoms. The van der Waals surface area contributed by atoms with E-state index in [1.165, 1.54) is 6.07 Å². The summed E-state index contributed by atoms with van der Waals surface area (Å²) in [6.07, 6.45) is 0. The molecule has 0 fully saturated rings. The molecule has 2 amide bonds. The zero-order valence-corrected chi connectivity index (χ0v) is 12.9. The minimum atomic E-state index is -0.699. The molecular formula is C15H21N3O4. The van der Waals surface area contributed by atoms with Gasteiger partial charge in [-0.3, -0.25) is 9.59 Å². The van der Waals surface area contributed by atoms with Crippen molar-refractivity contribution in [2.75, 3.05) is 18.9 Å². The lowest BCUT2D eigenvalue weighted by molar-refractivity contribution is -0.130. The number of anilines is 1. The second kappa shape index (κ2) is 8.02. The molecule has 120 valence electrons. The molecule has 7 heteroatoms. The summed E-state index contributed by atoms with van der Waals surface area (Å²) in [6, 6.07) is 4.28. The number of rotatable bonds is 6. The number of carbonyl (C=O) groups is 3. The highest BCUT2D eigenvalue weighted by Gasteiger charge is 2.17. The number of nitrogens with two attached hydrogens (primary N) is 1. The number of esters is 1. The van der Waals surface area contributed by atoms with Gasteiger partial charge in [0.15, 0.2) is 6.61 Å².